The van der Waals surface area contributed by atoms with E-state index in [1.165, 1.54) is 6.92 Å². The summed E-state index contributed by atoms with van der Waals surface area (Å²) < 4.78 is 22.6. The zero-order chi connectivity index (χ0) is 22.4. The number of benzene rings is 2. The number of rotatable bonds is 8. The summed E-state index contributed by atoms with van der Waals surface area (Å²) in [5.41, 5.74) is 1.31. The van der Waals surface area contributed by atoms with Gasteiger partial charge in [-0.15, -0.1) is 0 Å². The normalized spacial score (nSPS) is 10.4. The molecule has 0 spiro atoms. The number of aromatic nitrogens is 1. The molecule has 0 aliphatic heterocycles. The lowest BCUT2D eigenvalue weighted by molar-refractivity contribution is -0.116. The van der Waals surface area contributed by atoms with E-state index in [0.29, 0.717) is 33.3 Å². The van der Waals surface area contributed by atoms with Gasteiger partial charge in [0.25, 0.3) is 0 Å². The summed E-state index contributed by atoms with van der Waals surface area (Å²) in [5, 5.41) is 0. The van der Waals surface area contributed by atoms with Crippen molar-refractivity contribution >= 4 is 27.5 Å². The Bertz CT molecular complexity index is 1060. The van der Waals surface area contributed by atoms with Crippen molar-refractivity contribution in [2.75, 3.05) is 26.2 Å². The second kappa shape index (κ2) is 10.2. The van der Waals surface area contributed by atoms with Crippen molar-refractivity contribution < 1.29 is 23.7 Å². The highest BCUT2D eigenvalue weighted by Gasteiger charge is 2.21. The van der Waals surface area contributed by atoms with Gasteiger partial charge in [-0.2, -0.15) is 0 Å². The first kappa shape index (κ1) is 22.4. The first-order valence-electron chi connectivity index (χ1n) is 9.42. The van der Waals surface area contributed by atoms with Crippen molar-refractivity contribution in [3.05, 3.63) is 64.8 Å². The third kappa shape index (κ3) is 5.46. The monoisotopic (exact) mass is 486 g/mol. The average Bonchev–Trinajstić information content (AvgIpc) is 2.78. The molecule has 7 nitrogen and oxygen atoms in total. The van der Waals surface area contributed by atoms with Crippen molar-refractivity contribution in [3.63, 3.8) is 0 Å². The molecule has 0 aliphatic carbocycles. The van der Waals surface area contributed by atoms with Crippen LogP contribution in [-0.2, 0) is 11.3 Å². The van der Waals surface area contributed by atoms with Gasteiger partial charge in [-0.1, -0.05) is 0 Å². The highest BCUT2D eigenvalue weighted by molar-refractivity contribution is 9.10. The molecule has 2 aromatic carbocycles. The average molecular weight is 487 g/mol. The lowest BCUT2D eigenvalue weighted by atomic mass is 10.1. The van der Waals surface area contributed by atoms with E-state index in [4.69, 9.17) is 18.9 Å². The minimum atomic E-state index is -0.173. The predicted octanol–water partition coefficient (Wildman–Crippen LogP) is 5.22. The second-order valence-electron chi connectivity index (χ2n) is 6.52. The van der Waals surface area contributed by atoms with E-state index < -0.39 is 0 Å². The molecule has 0 atom stereocenters. The zero-order valence-corrected chi connectivity index (χ0v) is 19.3. The van der Waals surface area contributed by atoms with Crippen molar-refractivity contribution in [1.29, 1.82) is 0 Å². The van der Waals surface area contributed by atoms with Gasteiger partial charge < -0.3 is 23.8 Å². The van der Waals surface area contributed by atoms with Crippen LogP contribution in [0.25, 0.3) is 0 Å². The number of carbonyl (C=O) groups is 1. The molecule has 0 radical (unpaired) electrons. The summed E-state index contributed by atoms with van der Waals surface area (Å²) in [6.45, 7) is 1.74. The molecule has 1 amide bonds. The van der Waals surface area contributed by atoms with Gasteiger partial charge in [0.2, 0.25) is 11.8 Å². The number of nitrogens with zero attached hydrogens (tertiary/aromatic N) is 2. The Balaban J connectivity index is 1.99. The number of anilines is 1. The molecule has 1 heterocycles. The summed E-state index contributed by atoms with van der Waals surface area (Å²) in [6, 6.07) is 16.1. The number of methoxy groups -OCH3 is 3. The van der Waals surface area contributed by atoms with Crippen molar-refractivity contribution in [2.45, 2.75) is 13.5 Å². The Labute approximate surface area is 189 Å². The molecule has 0 saturated carbocycles. The number of hydrogen-bond donors (Lipinski definition) is 0. The molecule has 0 bridgehead atoms. The van der Waals surface area contributed by atoms with Gasteiger partial charge in [0.1, 0.15) is 33.3 Å². The van der Waals surface area contributed by atoms with Crippen LogP contribution in [0.5, 0.6) is 28.9 Å². The molecule has 0 aliphatic rings. The molecule has 3 aromatic rings. The van der Waals surface area contributed by atoms with Crippen LogP contribution in [-0.4, -0.2) is 32.2 Å². The topological polar surface area (TPSA) is 70.1 Å². The Morgan fingerprint density at radius 1 is 0.903 bits per heavy atom. The Kier molecular flexibility index (Phi) is 7.36. The fourth-order valence-electron chi connectivity index (χ4n) is 2.99. The number of amides is 1. The van der Waals surface area contributed by atoms with E-state index in [1.807, 2.05) is 6.07 Å². The summed E-state index contributed by atoms with van der Waals surface area (Å²) in [5.74, 6) is 2.71. The molecule has 1 aromatic heterocycles. The Hall–Kier alpha value is -3.26. The summed E-state index contributed by atoms with van der Waals surface area (Å²) in [6.07, 6.45) is 0. The summed E-state index contributed by atoms with van der Waals surface area (Å²) >= 11 is 3.38. The smallest absolute Gasteiger partial charge is 0.244 e. The SMILES string of the molecule is COc1ccc(Oc2nc(Br)ccc2N(Cc2cc(OC)ccc2OC)C(C)=O)cc1. The van der Waals surface area contributed by atoms with Crippen molar-refractivity contribution in [2.24, 2.45) is 0 Å². The van der Waals surface area contributed by atoms with Gasteiger partial charge in [-0.05, 0) is 70.5 Å². The van der Waals surface area contributed by atoms with E-state index in [-0.39, 0.29) is 18.3 Å². The predicted molar refractivity (Wildman–Crippen MR) is 121 cm³/mol. The second-order valence-corrected chi connectivity index (χ2v) is 7.33. The molecular weight excluding hydrogens is 464 g/mol. The molecule has 8 heteroatoms. The van der Waals surface area contributed by atoms with Crippen LogP contribution in [0, 0.1) is 0 Å². The van der Waals surface area contributed by atoms with E-state index in [9.17, 15) is 4.79 Å². The number of halogens is 1. The first-order chi connectivity index (χ1) is 14.9. The van der Waals surface area contributed by atoms with E-state index in [0.717, 1.165) is 5.56 Å². The maximum absolute atomic E-state index is 12.6. The molecule has 0 unspecified atom stereocenters. The van der Waals surface area contributed by atoms with E-state index in [2.05, 4.69) is 20.9 Å². The van der Waals surface area contributed by atoms with E-state index >= 15 is 0 Å². The fraction of sp³-hybridized carbons (Fsp3) is 0.217. The van der Waals surface area contributed by atoms with Gasteiger partial charge >= 0.3 is 0 Å². The van der Waals surface area contributed by atoms with Crippen LogP contribution in [0.4, 0.5) is 5.69 Å². The molecule has 0 N–H and O–H groups in total. The summed E-state index contributed by atoms with van der Waals surface area (Å²) in [4.78, 5) is 18.6. The first-order valence-corrected chi connectivity index (χ1v) is 10.2. The van der Waals surface area contributed by atoms with Gasteiger partial charge in [-0.25, -0.2) is 4.98 Å². The third-order valence-electron chi connectivity index (χ3n) is 4.57. The van der Waals surface area contributed by atoms with Crippen LogP contribution in [0.2, 0.25) is 0 Å². The van der Waals surface area contributed by atoms with E-state index in [1.54, 1.807) is 74.8 Å². The van der Waals surface area contributed by atoms with Gasteiger partial charge in [0.15, 0.2) is 0 Å². The van der Waals surface area contributed by atoms with Crippen LogP contribution in [0.1, 0.15) is 12.5 Å². The minimum absolute atomic E-state index is 0.173. The van der Waals surface area contributed by atoms with Crippen molar-refractivity contribution in [3.8, 4) is 28.9 Å². The highest BCUT2D eigenvalue weighted by Crippen LogP contribution is 2.35. The lowest BCUT2D eigenvalue weighted by Crippen LogP contribution is -2.28. The number of hydrogen-bond acceptors (Lipinski definition) is 6. The van der Waals surface area contributed by atoms with Gasteiger partial charge in [0, 0.05) is 12.5 Å². The Morgan fingerprint density at radius 2 is 1.55 bits per heavy atom. The van der Waals surface area contributed by atoms with Crippen molar-refractivity contribution in [1.82, 2.24) is 4.98 Å². The number of ether oxygens (including phenoxy) is 4. The van der Waals surface area contributed by atoms with Crippen LogP contribution < -0.4 is 23.8 Å². The lowest BCUT2D eigenvalue weighted by Gasteiger charge is -2.24. The molecule has 3 rings (SSSR count). The van der Waals surface area contributed by atoms with Gasteiger partial charge in [-0.3, -0.25) is 4.79 Å². The number of pyridine rings is 1. The quantitative estimate of drug-likeness (QED) is 0.406. The number of carbonyl (C=O) groups excluding carboxylic acids is 1. The zero-order valence-electron chi connectivity index (χ0n) is 17.7. The fourth-order valence-corrected chi connectivity index (χ4v) is 3.28. The van der Waals surface area contributed by atoms with Gasteiger partial charge in [0.05, 0.1) is 27.9 Å². The minimum Gasteiger partial charge on any atom is -0.497 e. The maximum Gasteiger partial charge on any atom is 0.244 e. The molecule has 0 saturated heterocycles. The highest BCUT2D eigenvalue weighted by atomic mass is 79.9. The summed E-state index contributed by atoms with van der Waals surface area (Å²) in [7, 11) is 4.78. The largest absolute Gasteiger partial charge is 0.497 e. The van der Waals surface area contributed by atoms with Crippen LogP contribution in [0.15, 0.2) is 59.2 Å². The third-order valence-corrected chi connectivity index (χ3v) is 5.01. The standard InChI is InChI=1S/C23H23BrN2O5/c1-15(27)26(14-16-13-19(29-3)9-11-21(16)30-4)20-10-12-22(24)25-23(20)31-18-7-5-17(28-2)6-8-18/h5-13H,14H2,1-4H3. The maximum atomic E-state index is 12.6. The van der Waals surface area contributed by atoms with Crippen LogP contribution in [0.3, 0.4) is 0 Å². The molecule has 0 fully saturated rings. The Morgan fingerprint density at radius 3 is 2.16 bits per heavy atom. The molecular formula is C23H23BrN2O5. The van der Waals surface area contributed by atoms with Crippen LogP contribution >= 0.6 is 15.9 Å². The molecule has 31 heavy (non-hydrogen) atoms. The molecule has 162 valence electrons.